The zero-order valence-corrected chi connectivity index (χ0v) is 14.3. The normalized spacial score (nSPS) is 20.4. The molecule has 0 saturated heterocycles. The van der Waals surface area contributed by atoms with Gasteiger partial charge in [0.15, 0.2) is 0 Å². The molecule has 22 heavy (non-hydrogen) atoms. The molecular formula is C18H29ClN2O. The molecule has 3 N–H and O–H groups in total. The monoisotopic (exact) mass is 324 g/mol. The Morgan fingerprint density at radius 3 is 2.82 bits per heavy atom. The fourth-order valence-electron chi connectivity index (χ4n) is 3.33. The molecule has 124 valence electrons. The number of carbonyl (C=O) groups excluding carboxylic acids is 1. The summed E-state index contributed by atoms with van der Waals surface area (Å²) in [5, 5.41) is 3.25. The summed E-state index contributed by atoms with van der Waals surface area (Å²) in [5.74, 6) is 0.863. The highest BCUT2D eigenvalue weighted by Crippen LogP contribution is 2.30. The van der Waals surface area contributed by atoms with Gasteiger partial charge in [0.05, 0.1) is 0 Å². The van der Waals surface area contributed by atoms with E-state index in [0.29, 0.717) is 18.4 Å². The smallest absolute Gasteiger partial charge is 0.220 e. The third-order valence-electron chi connectivity index (χ3n) is 4.61. The summed E-state index contributed by atoms with van der Waals surface area (Å²) in [4.78, 5) is 12.2. The zero-order chi connectivity index (χ0) is 15.1. The van der Waals surface area contributed by atoms with E-state index in [0.717, 1.165) is 24.1 Å². The number of nitrogen functional groups attached to an aromatic ring is 1. The first kappa shape index (κ1) is 18.8. The number of carbonyl (C=O) groups is 1. The van der Waals surface area contributed by atoms with Crippen molar-refractivity contribution in [1.29, 1.82) is 0 Å². The Hall–Kier alpha value is -1.22. The fourth-order valence-corrected chi connectivity index (χ4v) is 3.33. The Bertz CT molecular complexity index is 464. The van der Waals surface area contributed by atoms with Gasteiger partial charge in [0.1, 0.15) is 0 Å². The van der Waals surface area contributed by atoms with Gasteiger partial charge in [-0.2, -0.15) is 0 Å². The molecule has 0 spiro atoms. The van der Waals surface area contributed by atoms with Crippen LogP contribution >= 0.6 is 12.4 Å². The van der Waals surface area contributed by atoms with Gasteiger partial charge in [0.25, 0.3) is 0 Å². The first-order valence-electron chi connectivity index (χ1n) is 8.33. The number of nitrogens with two attached hydrogens (primary N) is 1. The molecule has 2 rings (SSSR count). The Morgan fingerprint density at radius 1 is 1.32 bits per heavy atom. The van der Waals surface area contributed by atoms with Gasteiger partial charge in [-0.25, -0.2) is 0 Å². The number of unbranched alkanes of at least 4 members (excludes halogenated alkanes) is 1. The van der Waals surface area contributed by atoms with Gasteiger partial charge in [-0.05, 0) is 43.2 Å². The van der Waals surface area contributed by atoms with Crippen molar-refractivity contribution in [2.24, 2.45) is 5.92 Å². The molecule has 0 aliphatic heterocycles. The molecule has 2 atom stereocenters. The fraction of sp³-hybridized carbons (Fsp3) is 0.611. The molecule has 1 fully saturated rings. The number of amides is 1. The van der Waals surface area contributed by atoms with Crippen molar-refractivity contribution in [2.75, 3.05) is 5.73 Å². The van der Waals surface area contributed by atoms with Crippen LogP contribution in [0.1, 0.15) is 57.4 Å². The van der Waals surface area contributed by atoms with Crippen molar-refractivity contribution >= 4 is 24.0 Å². The van der Waals surface area contributed by atoms with Crippen LogP contribution in [-0.2, 0) is 11.2 Å². The van der Waals surface area contributed by atoms with E-state index in [1.54, 1.807) is 0 Å². The van der Waals surface area contributed by atoms with Crippen molar-refractivity contribution in [3.05, 3.63) is 29.8 Å². The van der Waals surface area contributed by atoms with Crippen LogP contribution in [0.2, 0.25) is 0 Å². The van der Waals surface area contributed by atoms with Crippen LogP contribution in [0.15, 0.2) is 24.3 Å². The van der Waals surface area contributed by atoms with Crippen LogP contribution in [0.4, 0.5) is 5.69 Å². The lowest BCUT2D eigenvalue weighted by molar-refractivity contribution is -0.122. The lowest BCUT2D eigenvalue weighted by Crippen LogP contribution is -2.37. The van der Waals surface area contributed by atoms with Gasteiger partial charge < -0.3 is 11.1 Å². The standard InChI is InChI=1S/C18H28N2O.ClH/c1-2-3-7-15-9-6-11-17(15)20-18(21)13-12-14-8-4-5-10-16(14)19;/h4-5,8,10,15,17H,2-3,6-7,9,11-13,19H2,1H3,(H,20,21);1H. The summed E-state index contributed by atoms with van der Waals surface area (Å²) >= 11 is 0. The maximum absolute atomic E-state index is 12.2. The van der Waals surface area contributed by atoms with Crippen molar-refractivity contribution < 1.29 is 4.79 Å². The minimum absolute atomic E-state index is 0. The van der Waals surface area contributed by atoms with Crippen LogP contribution in [0, 0.1) is 5.92 Å². The summed E-state index contributed by atoms with van der Waals surface area (Å²) < 4.78 is 0. The van der Waals surface area contributed by atoms with Crippen LogP contribution in [-0.4, -0.2) is 11.9 Å². The van der Waals surface area contributed by atoms with Crippen LogP contribution in [0.5, 0.6) is 0 Å². The number of anilines is 1. The van der Waals surface area contributed by atoms with E-state index in [1.165, 1.54) is 32.1 Å². The van der Waals surface area contributed by atoms with Crippen molar-refractivity contribution in [3.63, 3.8) is 0 Å². The largest absolute Gasteiger partial charge is 0.399 e. The topological polar surface area (TPSA) is 55.1 Å². The first-order valence-corrected chi connectivity index (χ1v) is 8.33. The molecule has 1 aromatic rings. The second kappa shape index (κ2) is 9.73. The molecule has 1 aliphatic rings. The summed E-state index contributed by atoms with van der Waals surface area (Å²) in [6.07, 6.45) is 8.71. The van der Waals surface area contributed by atoms with Gasteiger partial charge in [-0.15, -0.1) is 12.4 Å². The number of hydrogen-bond donors (Lipinski definition) is 2. The van der Waals surface area contributed by atoms with E-state index in [4.69, 9.17) is 5.73 Å². The SMILES string of the molecule is CCCCC1CCCC1NC(=O)CCc1ccccc1N.Cl. The molecule has 0 bridgehead atoms. The van der Waals surface area contributed by atoms with Gasteiger partial charge in [0.2, 0.25) is 5.91 Å². The molecule has 1 amide bonds. The zero-order valence-electron chi connectivity index (χ0n) is 13.5. The minimum atomic E-state index is 0. The van der Waals surface area contributed by atoms with Crippen molar-refractivity contribution in [1.82, 2.24) is 5.32 Å². The quantitative estimate of drug-likeness (QED) is 0.742. The van der Waals surface area contributed by atoms with E-state index < -0.39 is 0 Å². The summed E-state index contributed by atoms with van der Waals surface area (Å²) in [6, 6.07) is 8.20. The predicted octanol–water partition coefficient (Wildman–Crippen LogP) is 4.10. The highest BCUT2D eigenvalue weighted by Gasteiger charge is 2.27. The van der Waals surface area contributed by atoms with E-state index in [-0.39, 0.29) is 18.3 Å². The third kappa shape index (κ3) is 5.53. The molecule has 0 radical (unpaired) electrons. The van der Waals surface area contributed by atoms with Crippen molar-refractivity contribution in [3.8, 4) is 0 Å². The summed E-state index contributed by atoms with van der Waals surface area (Å²) in [6.45, 7) is 2.23. The highest BCUT2D eigenvalue weighted by molar-refractivity contribution is 5.85. The Morgan fingerprint density at radius 2 is 2.09 bits per heavy atom. The van der Waals surface area contributed by atoms with E-state index >= 15 is 0 Å². The van der Waals surface area contributed by atoms with Gasteiger partial charge >= 0.3 is 0 Å². The summed E-state index contributed by atoms with van der Waals surface area (Å²) in [7, 11) is 0. The van der Waals surface area contributed by atoms with Gasteiger partial charge in [0, 0.05) is 18.2 Å². The molecule has 4 heteroatoms. The molecule has 2 unspecified atom stereocenters. The number of aryl methyl sites for hydroxylation is 1. The first-order chi connectivity index (χ1) is 10.2. The molecule has 1 saturated carbocycles. The van der Waals surface area contributed by atoms with Gasteiger partial charge in [-0.1, -0.05) is 44.4 Å². The number of hydrogen-bond acceptors (Lipinski definition) is 2. The van der Waals surface area contributed by atoms with Crippen molar-refractivity contribution in [2.45, 2.75) is 64.3 Å². The molecular weight excluding hydrogens is 296 g/mol. The second-order valence-corrected chi connectivity index (χ2v) is 6.21. The van der Waals surface area contributed by atoms with E-state index in [9.17, 15) is 4.79 Å². The number of halogens is 1. The number of para-hydroxylation sites is 1. The van der Waals surface area contributed by atoms with E-state index in [1.807, 2.05) is 24.3 Å². The second-order valence-electron chi connectivity index (χ2n) is 6.21. The van der Waals surface area contributed by atoms with Gasteiger partial charge in [-0.3, -0.25) is 4.79 Å². The molecule has 1 aliphatic carbocycles. The van der Waals surface area contributed by atoms with Crippen LogP contribution < -0.4 is 11.1 Å². The number of rotatable bonds is 7. The Balaban J connectivity index is 0.00000242. The Kier molecular flexibility index (Phi) is 8.32. The lowest BCUT2D eigenvalue weighted by Gasteiger charge is -2.21. The number of benzene rings is 1. The average molecular weight is 325 g/mol. The molecule has 3 nitrogen and oxygen atoms in total. The van der Waals surface area contributed by atoms with E-state index in [2.05, 4.69) is 12.2 Å². The van der Waals surface area contributed by atoms with Crippen LogP contribution in [0.3, 0.4) is 0 Å². The average Bonchev–Trinajstić information content (AvgIpc) is 2.91. The highest BCUT2D eigenvalue weighted by atomic mass is 35.5. The molecule has 1 aromatic carbocycles. The summed E-state index contributed by atoms with van der Waals surface area (Å²) in [5.41, 5.74) is 7.77. The van der Waals surface area contributed by atoms with Crippen LogP contribution in [0.25, 0.3) is 0 Å². The maximum atomic E-state index is 12.2. The minimum Gasteiger partial charge on any atom is -0.399 e. The third-order valence-corrected chi connectivity index (χ3v) is 4.61. The Labute approximate surface area is 140 Å². The lowest BCUT2D eigenvalue weighted by atomic mass is 9.96. The molecule has 0 heterocycles. The number of nitrogens with one attached hydrogen (secondary N) is 1. The maximum Gasteiger partial charge on any atom is 0.220 e. The molecule has 0 aromatic heterocycles. The predicted molar refractivity (Wildman–Crippen MR) is 95.2 cm³/mol.